The Balaban J connectivity index is 3.26. The zero-order valence-corrected chi connectivity index (χ0v) is 7.38. The Hall–Kier alpha value is -1.79. The van der Waals surface area contributed by atoms with Crippen molar-refractivity contribution in [3.63, 3.8) is 0 Å². The van der Waals surface area contributed by atoms with Crippen LogP contribution < -0.4 is 5.73 Å². The number of hydrogen-bond acceptors (Lipinski definition) is 3. The second-order valence-corrected chi connectivity index (χ2v) is 2.76. The molecule has 0 aliphatic heterocycles. The SMILES string of the molecule is Nc1cc(F)c(CC(=O)O)c(C(F)F)n1. The van der Waals surface area contributed by atoms with Gasteiger partial charge in [-0.05, 0) is 0 Å². The van der Waals surface area contributed by atoms with Crippen LogP contribution in [0.1, 0.15) is 17.7 Å². The average Bonchev–Trinajstić information content (AvgIpc) is 2.08. The molecule has 0 aliphatic rings. The number of rotatable bonds is 3. The molecule has 4 nitrogen and oxygen atoms in total. The van der Waals surface area contributed by atoms with Crippen LogP contribution in [0.3, 0.4) is 0 Å². The predicted octanol–water partition coefficient (Wildman–Crippen LogP) is 1.37. The molecule has 0 unspecified atom stereocenters. The summed E-state index contributed by atoms with van der Waals surface area (Å²) in [4.78, 5) is 13.5. The molecule has 0 saturated heterocycles. The number of halogens is 3. The Labute approximate surface area is 82.5 Å². The average molecular weight is 220 g/mol. The molecular weight excluding hydrogens is 213 g/mol. The minimum Gasteiger partial charge on any atom is -0.481 e. The molecule has 0 aliphatic carbocycles. The van der Waals surface area contributed by atoms with Crippen LogP contribution in [0.2, 0.25) is 0 Å². The van der Waals surface area contributed by atoms with Crippen molar-refractivity contribution < 1.29 is 23.1 Å². The molecule has 0 amide bonds. The maximum absolute atomic E-state index is 13.1. The van der Waals surface area contributed by atoms with E-state index in [4.69, 9.17) is 10.8 Å². The second-order valence-electron chi connectivity index (χ2n) is 2.76. The van der Waals surface area contributed by atoms with Crippen molar-refractivity contribution in [3.05, 3.63) is 23.1 Å². The zero-order chi connectivity index (χ0) is 11.6. The molecule has 0 aromatic carbocycles. The van der Waals surface area contributed by atoms with Crippen molar-refractivity contribution in [2.75, 3.05) is 5.73 Å². The van der Waals surface area contributed by atoms with Crippen LogP contribution in [0.5, 0.6) is 0 Å². The molecule has 1 heterocycles. The summed E-state index contributed by atoms with van der Waals surface area (Å²) in [5.41, 5.74) is 3.51. The number of nitrogen functional groups attached to an aromatic ring is 1. The first-order chi connectivity index (χ1) is 6.91. The number of aromatic nitrogens is 1. The monoisotopic (exact) mass is 220 g/mol. The van der Waals surface area contributed by atoms with Gasteiger partial charge in [0.1, 0.15) is 17.3 Å². The molecule has 0 radical (unpaired) electrons. The molecule has 1 aromatic heterocycles. The van der Waals surface area contributed by atoms with Crippen molar-refractivity contribution in [2.45, 2.75) is 12.8 Å². The maximum Gasteiger partial charge on any atom is 0.308 e. The number of nitrogens with two attached hydrogens (primary N) is 1. The largest absolute Gasteiger partial charge is 0.481 e. The Kier molecular flexibility index (Phi) is 3.13. The van der Waals surface area contributed by atoms with Crippen LogP contribution in [0.15, 0.2) is 6.07 Å². The maximum atomic E-state index is 13.1. The van der Waals surface area contributed by atoms with Gasteiger partial charge in [-0.1, -0.05) is 0 Å². The quantitative estimate of drug-likeness (QED) is 0.806. The molecular formula is C8H7F3N2O2. The van der Waals surface area contributed by atoms with Crippen LogP contribution >= 0.6 is 0 Å². The molecule has 0 fully saturated rings. The first kappa shape index (κ1) is 11.3. The van der Waals surface area contributed by atoms with Gasteiger partial charge in [0.25, 0.3) is 6.43 Å². The number of nitrogens with zero attached hydrogens (tertiary/aromatic N) is 1. The summed E-state index contributed by atoms with van der Waals surface area (Å²) in [5, 5.41) is 8.40. The van der Waals surface area contributed by atoms with E-state index in [-0.39, 0.29) is 0 Å². The van der Waals surface area contributed by atoms with Crippen LogP contribution in [0.4, 0.5) is 19.0 Å². The van der Waals surface area contributed by atoms with Crippen LogP contribution in [-0.2, 0) is 11.2 Å². The van der Waals surface area contributed by atoms with E-state index in [9.17, 15) is 18.0 Å². The van der Waals surface area contributed by atoms with Crippen molar-refractivity contribution in [1.29, 1.82) is 0 Å². The first-order valence-electron chi connectivity index (χ1n) is 3.86. The summed E-state index contributed by atoms with van der Waals surface area (Å²) in [6.45, 7) is 0. The van der Waals surface area contributed by atoms with Gasteiger partial charge in [0.05, 0.1) is 6.42 Å². The van der Waals surface area contributed by atoms with Crippen molar-refractivity contribution in [1.82, 2.24) is 4.98 Å². The predicted molar refractivity (Wildman–Crippen MR) is 44.9 cm³/mol. The van der Waals surface area contributed by atoms with Crippen molar-refractivity contribution in [2.24, 2.45) is 0 Å². The molecule has 3 N–H and O–H groups in total. The van der Waals surface area contributed by atoms with E-state index in [1.54, 1.807) is 0 Å². The molecule has 0 bridgehead atoms. The number of carboxylic acid groups (broad SMARTS) is 1. The normalized spacial score (nSPS) is 10.7. The van der Waals surface area contributed by atoms with Crippen LogP contribution in [-0.4, -0.2) is 16.1 Å². The molecule has 0 atom stereocenters. The van der Waals surface area contributed by atoms with Gasteiger partial charge < -0.3 is 10.8 Å². The number of pyridine rings is 1. The lowest BCUT2D eigenvalue weighted by atomic mass is 10.1. The highest BCUT2D eigenvalue weighted by Gasteiger charge is 2.21. The van der Waals surface area contributed by atoms with Gasteiger partial charge in [0, 0.05) is 11.6 Å². The van der Waals surface area contributed by atoms with E-state index in [0.717, 1.165) is 0 Å². The lowest BCUT2D eigenvalue weighted by molar-refractivity contribution is -0.136. The van der Waals surface area contributed by atoms with Gasteiger partial charge in [0.15, 0.2) is 0 Å². The van der Waals surface area contributed by atoms with E-state index in [2.05, 4.69) is 4.98 Å². The van der Waals surface area contributed by atoms with E-state index in [1.807, 2.05) is 0 Å². The van der Waals surface area contributed by atoms with Crippen LogP contribution in [0, 0.1) is 5.82 Å². The summed E-state index contributed by atoms with van der Waals surface area (Å²) in [7, 11) is 0. The molecule has 1 rings (SSSR count). The molecule has 15 heavy (non-hydrogen) atoms. The molecule has 0 saturated carbocycles. The van der Waals surface area contributed by atoms with Gasteiger partial charge in [-0.25, -0.2) is 18.2 Å². The molecule has 1 aromatic rings. The lowest BCUT2D eigenvalue weighted by Gasteiger charge is -2.08. The Bertz CT molecular complexity index is 396. The number of carboxylic acids is 1. The summed E-state index contributed by atoms with van der Waals surface area (Å²) >= 11 is 0. The summed E-state index contributed by atoms with van der Waals surface area (Å²) in [6.07, 6.45) is -3.91. The molecule has 7 heteroatoms. The van der Waals surface area contributed by atoms with Gasteiger partial charge in [0.2, 0.25) is 0 Å². The molecule has 0 spiro atoms. The lowest BCUT2D eigenvalue weighted by Crippen LogP contribution is -2.10. The Morgan fingerprint density at radius 1 is 1.60 bits per heavy atom. The minimum absolute atomic E-state index is 0.406. The third-order valence-corrected chi connectivity index (χ3v) is 1.66. The number of alkyl halides is 2. The van der Waals surface area contributed by atoms with E-state index in [0.29, 0.717) is 6.07 Å². The summed E-state index contributed by atoms with van der Waals surface area (Å²) in [6, 6.07) is 0.712. The molecule has 82 valence electrons. The first-order valence-corrected chi connectivity index (χ1v) is 3.86. The fraction of sp³-hybridized carbons (Fsp3) is 0.250. The highest BCUT2D eigenvalue weighted by atomic mass is 19.3. The van der Waals surface area contributed by atoms with Crippen molar-refractivity contribution >= 4 is 11.8 Å². The van der Waals surface area contributed by atoms with Gasteiger partial charge in [-0.2, -0.15) is 0 Å². The highest BCUT2D eigenvalue weighted by molar-refractivity contribution is 5.70. The topological polar surface area (TPSA) is 76.2 Å². The summed E-state index contributed by atoms with van der Waals surface area (Å²) < 4.78 is 37.8. The second kappa shape index (κ2) is 4.16. The zero-order valence-electron chi connectivity index (χ0n) is 7.38. The number of carbonyl (C=O) groups is 1. The van der Waals surface area contributed by atoms with Gasteiger partial charge in [-0.15, -0.1) is 0 Å². The highest BCUT2D eigenvalue weighted by Crippen LogP contribution is 2.24. The standard InChI is InChI=1S/C8H7F3N2O2/c9-4-2-5(12)13-7(8(10)11)3(4)1-6(14)15/h2,8H,1H2,(H2,12,13)(H,14,15). The van der Waals surface area contributed by atoms with Crippen LogP contribution in [0.25, 0.3) is 0 Å². The van der Waals surface area contributed by atoms with Crippen molar-refractivity contribution in [3.8, 4) is 0 Å². The number of aliphatic carboxylic acids is 1. The van der Waals surface area contributed by atoms with E-state index >= 15 is 0 Å². The van der Waals surface area contributed by atoms with E-state index < -0.39 is 41.7 Å². The third-order valence-electron chi connectivity index (χ3n) is 1.66. The number of hydrogen-bond donors (Lipinski definition) is 2. The van der Waals surface area contributed by atoms with E-state index in [1.165, 1.54) is 0 Å². The van der Waals surface area contributed by atoms with Gasteiger partial charge in [-0.3, -0.25) is 4.79 Å². The van der Waals surface area contributed by atoms with Gasteiger partial charge >= 0.3 is 5.97 Å². The smallest absolute Gasteiger partial charge is 0.308 e. The fourth-order valence-corrected chi connectivity index (χ4v) is 1.08. The minimum atomic E-state index is -3.06. The fourth-order valence-electron chi connectivity index (χ4n) is 1.08. The third kappa shape index (κ3) is 2.58. The Morgan fingerprint density at radius 2 is 2.20 bits per heavy atom. The Morgan fingerprint density at radius 3 is 2.67 bits per heavy atom. The summed E-state index contributed by atoms with van der Waals surface area (Å²) in [5.74, 6) is -2.90. The number of anilines is 1.